The maximum atomic E-state index is 9.84. The minimum absolute atomic E-state index is 0.153. The zero-order valence-corrected chi connectivity index (χ0v) is 12.5. The number of rotatable bonds is 5. The summed E-state index contributed by atoms with van der Waals surface area (Å²) in [7, 11) is 2.01. The van der Waals surface area contributed by atoms with E-state index in [0.29, 0.717) is 12.5 Å². The van der Waals surface area contributed by atoms with Gasteiger partial charge in [-0.2, -0.15) is 0 Å². The van der Waals surface area contributed by atoms with Crippen LogP contribution in [0.2, 0.25) is 0 Å². The van der Waals surface area contributed by atoms with Crippen LogP contribution in [0, 0.1) is 5.92 Å². The van der Waals surface area contributed by atoms with E-state index in [0.717, 1.165) is 38.3 Å². The third-order valence-corrected chi connectivity index (χ3v) is 3.81. The molecule has 2 atom stereocenters. The molecule has 0 amide bonds. The fraction of sp³-hybridized carbons (Fsp3) is 0.667. The Balaban J connectivity index is 1.85. The summed E-state index contributed by atoms with van der Waals surface area (Å²) in [5.74, 6) is 1.19. The highest BCUT2D eigenvalue weighted by Crippen LogP contribution is 2.24. The van der Waals surface area contributed by atoms with Crippen LogP contribution in [-0.4, -0.2) is 34.8 Å². The van der Waals surface area contributed by atoms with Crippen LogP contribution >= 0.6 is 0 Å². The highest BCUT2D eigenvalue weighted by Gasteiger charge is 2.24. The predicted octanol–water partition coefficient (Wildman–Crippen LogP) is 1.24. The Morgan fingerprint density at radius 3 is 2.90 bits per heavy atom. The lowest BCUT2D eigenvalue weighted by Gasteiger charge is -2.17. The molecule has 0 spiro atoms. The highest BCUT2D eigenvalue weighted by molar-refractivity contribution is 5.79. The van der Waals surface area contributed by atoms with Crippen LogP contribution < -0.4 is 10.6 Å². The molecule has 1 aliphatic carbocycles. The van der Waals surface area contributed by atoms with Crippen LogP contribution in [-0.2, 0) is 13.6 Å². The van der Waals surface area contributed by atoms with Gasteiger partial charge in [-0.15, -0.1) is 0 Å². The first-order chi connectivity index (χ1) is 9.69. The Bertz CT molecular complexity index is 441. The second-order valence-electron chi connectivity index (χ2n) is 5.52. The molecule has 3 N–H and O–H groups in total. The summed E-state index contributed by atoms with van der Waals surface area (Å²) in [5, 5.41) is 16.4. The summed E-state index contributed by atoms with van der Waals surface area (Å²) in [6.07, 6.45) is 7.12. The molecule has 1 saturated carbocycles. The Kier molecular flexibility index (Phi) is 5.47. The lowest BCUT2D eigenvalue weighted by atomic mass is 10.1. The Morgan fingerprint density at radius 2 is 2.30 bits per heavy atom. The van der Waals surface area contributed by atoms with Gasteiger partial charge in [-0.1, -0.05) is 6.42 Å². The number of nitrogens with zero attached hydrogens (tertiary/aromatic N) is 2. The van der Waals surface area contributed by atoms with Crippen molar-refractivity contribution in [1.29, 1.82) is 0 Å². The van der Waals surface area contributed by atoms with Crippen molar-refractivity contribution in [2.75, 3.05) is 13.1 Å². The number of aliphatic hydroxyl groups excluding tert-OH is 1. The Hall–Kier alpha value is -1.49. The zero-order valence-electron chi connectivity index (χ0n) is 12.5. The van der Waals surface area contributed by atoms with Crippen LogP contribution in [0.4, 0.5) is 0 Å². The number of nitrogens with one attached hydrogen (secondary N) is 2. The lowest BCUT2D eigenvalue weighted by Crippen LogP contribution is -2.41. The minimum Gasteiger partial charge on any atom is -0.393 e. The molecule has 20 heavy (non-hydrogen) atoms. The molecule has 1 aromatic rings. The van der Waals surface area contributed by atoms with E-state index in [-0.39, 0.29) is 6.10 Å². The molecule has 0 saturated heterocycles. The summed E-state index contributed by atoms with van der Waals surface area (Å²) < 4.78 is 2.03. The van der Waals surface area contributed by atoms with Crippen LogP contribution in [0.5, 0.6) is 0 Å². The second-order valence-corrected chi connectivity index (χ2v) is 5.52. The van der Waals surface area contributed by atoms with Crippen LogP contribution in [0.1, 0.15) is 31.7 Å². The van der Waals surface area contributed by atoms with E-state index in [4.69, 9.17) is 0 Å². The molecule has 5 nitrogen and oxygen atoms in total. The molecule has 2 unspecified atom stereocenters. The van der Waals surface area contributed by atoms with E-state index in [1.54, 1.807) is 0 Å². The van der Waals surface area contributed by atoms with Crippen molar-refractivity contribution in [3.63, 3.8) is 0 Å². The van der Waals surface area contributed by atoms with Crippen molar-refractivity contribution in [2.24, 2.45) is 18.0 Å². The van der Waals surface area contributed by atoms with Gasteiger partial charge in [0.05, 0.1) is 12.6 Å². The molecule has 1 aliphatic rings. The fourth-order valence-corrected chi connectivity index (χ4v) is 2.65. The van der Waals surface area contributed by atoms with Gasteiger partial charge in [-0.05, 0) is 31.4 Å². The van der Waals surface area contributed by atoms with Gasteiger partial charge in [-0.3, -0.25) is 0 Å². The van der Waals surface area contributed by atoms with Gasteiger partial charge in [0.15, 0.2) is 5.96 Å². The van der Waals surface area contributed by atoms with Crippen molar-refractivity contribution in [2.45, 2.75) is 38.8 Å². The fourth-order valence-electron chi connectivity index (χ4n) is 2.65. The first-order valence-corrected chi connectivity index (χ1v) is 7.50. The van der Waals surface area contributed by atoms with Gasteiger partial charge >= 0.3 is 0 Å². The molecule has 112 valence electrons. The standard InChI is InChI=1S/C15H26N4O/c1-3-16-15(17-9-12-7-8-19(2)11-12)18-10-13-5-4-6-14(13)20/h7-8,11,13-14,20H,3-6,9-10H2,1-2H3,(H2,16,17,18). The molecule has 1 heterocycles. The number of aryl methyl sites for hydroxylation is 1. The van der Waals surface area contributed by atoms with Crippen LogP contribution in [0.25, 0.3) is 0 Å². The van der Waals surface area contributed by atoms with Gasteiger partial charge in [0.1, 0.15) is 0 Å². The quantitative estimate of drug-likeness (QED) is 0.561. The SMILES string of the molecule is CCNC(=NCc1ccn(C)c1)NCC1CCCC1O. The topological polar surface area (TPSA) is 61.6 Å². The maximum absolute atomic E-state index is 9.84. The molecular weight excluding hydrogens is 252 g/mol. The largest absolute Gasteiger partial charge is 0.393 e. The first-order valence-electron chi connectivity index (χ1n) is 7.50. The van der Waals surface area contributed by atoms with Crippen molar-refractivity contribution < 1.29 is 5.11 Å². The third-order valence-electron chi connectivity index (χ3n) is 3.81. The van der Waals surface area contributed by atoms with Crippen molar-refractivity contribution in [3.05, 3.63) is 24.0 Å². The monoisotopic (exact) mass is 278 g/mol. The maximum Gasteiger partial charge on any atom is 0.191 e. The summed E-state index contributed by atoms with van der Waals surface area (Å²) in [4.78, 5) is 4.58. The van der Waals surface area contributed by atoms with E-state index in [1.165, 1.54) is 5.56 Å². The van der Waals surface area contributed by atoms with Crippen LogP contribution in [0.15, 0.2) is 23.5 Å². The van der Waals surface area contributed by atoms with E-state index >= 15 is 0 Å². The minimum atomic E-state index is -0.153. The summed E-state index contributed by atoms with van der Waals surface area (Å²) in [5.41, 5.74) is 1.20. The van der Waals surface area contributed by atoms with Gasteiger partial charge < -0.3 is 20.3 Å². The van der Waals surface area contributed by atoms with Crippen LogP contribution in [0.3, 0.4) is 0 Å². The van der Waals surface area contributed by atoms with E-state index < -0.39 is 0 Å². The number of hydrogen-bond donors (Lipinski definition) is 3. The van der Waals surface area contributed by atoms with Crippen molar-refractivity contribution in [1.82, 2.24) is 15.2 Å². The van der Waals surface area contributed by atoms with Crippen molar-refractivity contribution in [3.8, 4) is 0 Å². The smallest absolute Gasteiger partial charge is 0.191 e. The van der Waals surface area contributed by atoms with Gasteiger partial charge in [0.25, 0.3) is 0 Å². The molecule has 1 aromatic heterocycles. The van der Waals surface area contributed by atoms with Gasteiger partial charge in [0, 0.05) is 38.4 Å². The molecule has 1 fully saturated rings. The summed E-state index contributed by atoms with van der Waals surface area (Å²) >= 11 is 0. The van der Waals surface area contributed by atoms with Crippen molar-refractivity contribution >= 4 is 5.96 Å². The summed E-state index contributed by atoms with van der Waals surface area (Å²) in [6, 6.07) is 2.08. The highest BCUT2D eigenvalue weighted by atomic mass is 16.3. The molecule has 0 aliphatic heterocycles. The molecule has 0 aromatic carbocycles. The Morgan fingerprint density at radius 1 is 1.45 bits per heavy atom. The van der Waals surface area contributed by atoms with Gasteiger partial charge in [-0.25, -0.2) is 4.99 Å². The summed E-state index contributed by atoms with van der Waals surface area (Å²) in [6.45, 7) is 4.36. The van der Waals surface area contributed by atoms with E-state index in [2.05, 4.69) is 34.8 Å². The number of guanidine groups is 1. The number of aliphatic imine (C=N–C) groups is 1. The third kappa shape index (κ3) is 4.27. The average molecular weight is 278 g/mol. The molecule has 0 radical (unpaired) electrons. The number of aliphatic hydroxyl groups is 1. The predicted molar refractivity (Wildman–Crippen MR) is 81.6 cm³/mol. The van der Waals surface area contributed by atoms with E-state index in [1.807, 2.05) is 17.8 Å². The van der Waals surface area contributed by atoms with E-state index in [9.17, 15) is 5.11 Å². The Labute approximate surface area is 121 Å². The normalized spacial score (nSPS) is 23.1. The first kappa shape index (κ1) is 14.9. The number of hydrogen-bond acceptors (Lipinski definition) is 2. The molecule has 0 bridgehead atoms. The molecule has 2 rings (SSSR count). The second kappa shape index (κ2) is 7.33. The average Bonchev–Trinajstić information content (AvgIpc) is 3.02. The zero-order chi connectivity index (χ0) is 14.4. The number of aromatic nitrogens is 1. The lowest BCUT2D eigenvalue weighted by molar-refractivity contribution is 0.134. The molecule has 5 heteroatoms. The molecular formula is C15H26N4O. The van der Waals surface area contributed by atoms with Gasteiger partial charge in [0.2, 0.25) is 0 Å².